The number of nitrogens with one attached hydrogen (secondary N) is 2. The van der Waals surface area contributed by atoms with Crippen LogP contribution in [0, 0.1) is 0 Å². The van der Waals surface area contributed by atoms with Crippen molar-refractivity contribution in [3.8, 4) is 0 Å². The molecule has 0 spiro atoms. The third-order valence-corrected chi connectivity index (χ3v) is 5.06. The van der Waals surface area contributed by atoms with E-state index in [1.54, 1.807) is 0 Å². The second kappa shape index (κ2) is 16.5. The van der Waals surface area contributed by atoms with Crippen LogP contribution in [0.5, 0.6) is 0 Å². The van der Waals surface area contributed by atoms with Crippen LogP contribution >= 0.6 is 0 Å². The summed E-state index contributed by atoms with van der Waals surface area (Å²) in [6.07, 6.45) is 13.1. The van der Waals surface area contributed by atoms with E-state index in [9.17, 15) is 4.79 Å². The molecule has 1 heterocycles. The van der Waals surface area contributed by atoms with E-state index in [1.165, 1.54) is 31.3 Å². The largest absolute Gasteiger partial charge is 0.370 e. The number of allylic oxidation sites excluding steroid dienone is 1. The molecule has 1 rings (SSSR count). The molecule has 30 heavy (non-hydrogen) atoms. The summed E-state index contributed by atoms with van der Waals surface area (Å²) < 4.78 is 0. The number of nitrogens with two attached hydrogens (primary N) is 2. The quantitative estimate of drug-likeness (QED) is 0.198. The van der Waals surface area contributed by atoms with Crippen LogP contribution in [0.4, 0.5) is 4.79 Å². The third kappa shape index (κ3) is 13.8. The average molecular weight is 422 g/mol. The molecule has 0 aromatic rings. The van der Waals surface area contributed by atoms with Gasteiger partial charge in [-0.2, -0.15) is 0 Å². The highest BCUT2D eigenvalue weighted by Crippen LogP contribution is 2.09. The smallest absolute Gasteiger partial charge is 0.324 e. The number of nitrogens with zero attached hydrogens (tertiary/aromatic N) is 3. The standard InChI is InChI=1S/C22H43N7O/c1-19(2)13-16-27-20(23)25-14-10-6-8-12-18-29-17-11-7-4-3-5-9-15-26-21(24)28-22(29)30/h13H,3-12,14-18H2,1-2H3,(H3,23,25,27)(H3,24,26,28,30). The van der Waals surface area contributed by atoms with Crippen LogP contribution in [0.25, 0.3) is 0 Å². The average Bonchev–Trinajstić information content (AvgIpc) is 2.70. The molecule has 2 amide bonds. The van der Waals surface area contributed by atoms with Gasteiger partial charge in [0.05, 0.1) is 6.54 Å². The van der Waals surface area contributed by atoms with Gasteiger partial charge < -0.3 is 21.7 Å². The van der Waals surface area contributed by atoms with Crippen LogP contribution in [-0.2, 0) is 0 Å². The second-order valence-corrected chi connectivity index (χ2v) is 8.15. The number of guanidine groups is 2. The zero-order valence-corrected chi connectivity index (χ0v) is 19.1. The summed E-state index contributed by atoms with van der Waals surface area (Å²) in [7, 11) is 0. The minimum atomic E-state index is -0.127. The molecular weight excluding hydrogens is 378 g/mol. The Morgan fingerprint density at radius 2 is 1.83 bits per heavy atom. The van der Waals surface area contributed by atoms with E-state index in [0.717, 1.165) is 58.2 Å². The number of urea groups is 1. The Balaban J connectivity index is 2.26. The van der Waals surface area contributed by atoms with E-state index < -0.39 is 0 Å². The van der Waals surface area contributed by atoms with Crippen molar-refractivity contribution < 1.29 is 4.79 Å². The highest BCUT2D eigenvalue weighted by atomic mass is 16.2. The fraction of sp³-hybridized carbons (Fsp3) is 0.773. The predicted molar refractivity (Wildman–Crippen MR) is 127 cm³/mol. The van der Waals surface area contributed by atoms with Gasteiger partial charge in [-0.3, -0.25) is 10.3 Å². The van der Waals surface area contributed by atoms with E-state index in [4.69, 9.17) is 11.5 Å². The van der Waals surface area contributed by atoms with Crippen molar-refractivity contribution in [2.45, 2.75) is 78.1 Å². The molecule has 172 valence electrons. The molecule has 0 saturated carbocycles. The molecule has 0 aromatic carbocycles. The highest BCUT2D eigenvalue weighted by Gasteiger charge is 2.14. The fourth-order valence-electron chi connectivity index (χ4n) is 3.24. The topological polar surface area (TPSA) is 121 Å². The van der Waals surface area contributed by atoms with Crippen molar-refractivity contribution in [2.75, 3.05) is 32.7 Å². The molecule has 0 fully saturated rings. The van der Waals surface area contributed by atoms with Crippen molar-refractivity contribution in [3.05, 3.63) is 11.6 Å². The van der Waals surface area contributed by atoms with Crippen LogP contribution in [0.3, 0.4) is 0 Å². The van der Waals surface area contributed by atoms with Crippen molar-refractivity contribution in [1.29, 1.82) is 0 Å². The number of amides is 2. The maximum atomic E-state index is 12.5. The van der Waals surface area contributed by atoms with Crippen molar-refractivity contribution in [3.63, 3.8) is 0 Å². The lowest BCUT2D eigenvalue weighted by molar-refractivity contribution is 0.200. The molecule has 0 unspecified atom stereocenters. The van der Waals surface area contributed by atoms with Gasteiger partial charge in [0.2, 0.25) is 0 Å². The summed E-state index contributed by atoms with van der Waals surface area (Å²) >= 11 is 0. The Labute approximate surface area is 182 Å². The maximum absolute atomic E-state index is 12.5. The Morgan fingerprint density at radius 3 is 2.60 bits per heavy atom. The lowest BCUT2D eigenvalue weighted by atomic mass is 10.1. The lowest BCUT2D eigenvalue weighted by Gasteiger charge is -2.23. The molecule has 1 aliphatic rings. The Morgan fingerprint density at radius 1 is 1.13 bits per heavy atom. The predicted octanol–water partition coefficient (Wildman–Crippen LogP) is 3.10. The Bertz CT molecular complexity index is 568. The summed E-state index contributed by atoms with van der Waals surface area (Å²) in [4.78, 5) is 22.9. The monoisotopic (exact) mass is 421 g/mol. The van der Waals surface area contributed by atoms with Crippen LogP contribution < -0.4 is 22.1 Å². The zero-order valence-electron chi connectivity index (χ0n) is 19.1. The molecule has 0 saturated heterocycles. The Kier molecular flexibility index (Phi) is 14.2. The van der Waals surface area contributed by atoms with Gasteiger partial charge in [-0.25, -0.2) is 9.79 Å². The van der Waals surface area contributed by atoms with E-state index in [1.807, 2.05) is 24.8 Å². The van der Waals surface area contributed by atoms with Gasteiger partial charge in [0.15, 0.2) is 11.9 Å². The number of unbranched alkanes of at least 4 members (excludes halogenated alkanes) is 3. The molecule has 0 aromatic heterocycles. The van der Waals surface area contributed by atoms with Gasteiger partial charge in [-0.05, 0) is 39.5 Å². The highest BCUT2D eigenvalue weighted by molar-refractivity contribution is 5.95. The zero-order chi connectivity index (χ0) is 22.0. The third-order valence-electron chi connectivity index (χ3n) is 5.06. The molecule has 0 atom stereocenters. The van der Waals surface area contributed by atoms with E-state index in [-0.39, 0.29) is 12.0 Å². The number of aliphatic imine (C=N–C) groups is 2. The first-order valence-corrected chi connectivity index (χ1v) is 11.5. The SMILES string of the molecule is CC(C)=CCN=C(N)NCCCCCCN1CCCCCCCCN=C(N)NC1=O. The number of hydrogen-bond donors (Lipinski definition) is 4. The lowest BCUT2D eigenvalue weighted by Crippen LogP contribution is -2.46. The summed E-state index contributed by atoms with van der Waals surface area (Å²) in [5.74, 6) is 0.734. The summed E-state index contributed by atoms with van der Waals surface area (Å²) in [5.41, 5.74) is 12.9. The van der Waals surface area contributed by atoms with Gasteiger partial charge in [0.1, 0.15) is 0 Å². The van der Waals surface area contributed by atoms with Gasteiger partial charge in [0.25, 0.3) is 0 Å². The molecule has 0 aliphatic carbocycles. The minimum absolute atomic E-state index is 0.127. The van der Waals surface area contributed by atoms with Crippen LogP contribution in [0.2, 0.25) is 0 Å². The maximum Gasteiger partial charge on any atom is 0.324 e. The second-order valence-electron chi connectivity index (χ2n) is 8.15. The number of carbonyl (C=O) groups is 1. The van der Waals surface area contributed by atoms with Crippen LogP contribution in [-0.4, -0.2) is 55.6 Å². The van der Waals surface area contributed by atoms with E-state index in [2.05, 4.69) is 20.6 Å². The summed E-state index contributed by atoms with van der Waals surface area (Å²) in [6, 6.07) is -0.127. The van der Waals surface area contributed by atoms with Crippen LogP contribution in [0.15, 0.2) is 21.6 Å². The van der Waals surface area contributed by atoms with Gasteiger partial charge >= 0.3 is 6.03 Å². The first-order chi connectivity index (χ1) is 14.5. The first kappa shape index (κ1) is 25.8. The molecule has 1 aliphatic heterocycles. The number of rotatable bonds is 9. The van der Waals surface area contributed by atoms with E-state index >= 15 is 0 Å². The molecule has 6 N–H and O–H groups in total. The number of hydrogen-bond acceptors (Lipinski definition) is 4. The Hall–Kier alpha value is -2.25. The first-order valence-electron chi connectivity index (χ1n) is 11.5. The van der Waals surface area contributed by atoms with Crippen molar-refractivity contribution in [1.82, 2.24) is 15.5 Å². The van der Waals surface area contributed by atoms with Gasteiger partial charge in [-0.15, -0.1) is 0 Å². The normalized spacial score (nSPS) is 17.1. The number of carbonyl (C=O) groups excluding carboxylic acids is 1. The van der Waals surface area contributed by atoms with Gasteiger partial charge in [-0.1, -0.05) is 50.2 Å². The van der Waals surface area contributed by atoms with Crippen molar-refractivity contribution in [2.24, 2.45) is 21.5 Å². The minimum Gasteiger partial charge on any atom is -0.370 e. The molecule has 0 bridgehead atoms. The molecule has 8 nitrogen and oxygen atoms in total. The molecular formula is C22H43N7O. The van der Waals surface area contributed by atoms with Crippen LogP contribution in [0.1, 0.15) is 78.1 Å². The summed E-state index contributed by atoms with van der Waals surface area (Å²) in [5, 5.41) is 5.89. The van der Waals surface area contributed by atoms with Gasteiger partial charge in [0, 0.05) is 26.2 Å². The fourth-order valence-corrected chi connectivity index (χ4v) is 3.24. The molecule has 0 radical (unpaired) electrons. The molecule has 8 heteroatoms. The van der Waals surface area contributed by atoms with Crippen molar-refractivity contribution >= 4 is 18.0 Å². The summed E-state index contributed by atoms with van der Waals surface area (Å²) in [6.45, 7) is 7.74. The van der Waals surface area contributed by atoms with E-state index in [0.29, 0.717) is 19.0 Å².